The summed E-state index contributed by atoms with van der Waals surface area (Å²) in [7, 11) is 3.97. The predicted molar refractivity (Wildman–Crippen MR) is 83.5 cm³/mol. The Morgan fingerprint density at radius 1 is 1.55 bits per heavy atom. The second-order valence-corrected chi connectivity index (χ2v) is 6.43. The highest BCUT2D eigenvalue weighted by Crippen LogP contribution is 2.20. The number of nitrogens with two attached hydrogens (primary N) is 1. The van der Waals surface area contributed by atoms with Gasteiger partial charge in [0, 0.05) is 24.3 Å². The Balaban J connectivity index is 1.99. The first-order valence-electron chi connectivity index (χ1n) is 6.82. The normalized spacial score (nSPS) is 17.1. The van der Waals surface area contributed by atoms with Gasteiger partial charge in [0.2, 0.25) is 0 Å². The summed E-state index contributed by atoms with van der Waals surface area (Å²) in [5, 5.41) is 0. The minimum atomic E-state index is -0.0600. The molecule has 0 unspecified atom stereocenters. The number of nitrogen functional groups attached to an aromatic ring is 1. The van der Waals surface area contributed by atoms with Crippen molar-refractivity contribution in [1.82, 2.24) is 14.8 Å². The van der Waals surface area contributed by atoms with Crippen LogP contribution in [0.5, 0.6) is 0 Å². The van der Waals surface area contributed by atoms with Crippen molar-refractivity contribution in [1.29, 1.82) is 0 Å². The van der Waals surface area contributed by atoms with E-state index >= 15 is 0 Å². The molecule has 20 heavy (non-hydrogen) atoms. The molecule has 1 amide bonds. The molecule has 110 valence electrons. The van der Waals surface area contributed by atoms with Gasteiger partial charge in [0.25, 0.3) is 5.91 Å². The average Bonchev–Trinajstić information content (AvgIpc) is 2.43. The van der Waals surface area contributed by atoms with Crippen LogP contribution in [0.2, 0.25) is 0 Å². The Morgan fingerprint density at radius 2 is 2.20 bits per heavy atom. The molecular weight excluding hydrogens is 320 g/mol. The Labute approximate surface area is 128 Å². The van der Waals surface area contributed by atoms with E-state index in [-0.39, 0.29) is 11.7 Å². The van der Waals surface area contributed by atoms with E-state index in [1.165, 1.54) is 0 Å². The van der Waals surface area contributed by atoms with E-state index in [9.17, 15) is 4.79 Å². The van der Waals surface area contributed by atoms with Crippen LogP contribution in [-0.4, -0.2) is 54.4 Å². The van der Waals surface area contributed by atoms with E-state index in [2.05, 4.69) is 32.9 Å². The molecule has 1 aliphatic heterocycles. The van der Waals surface area contributed by atoms with Crippen molar-refractivity contribution < 1.29 is 4.79 Å². The number of nitrogens with zero attached hydrogens (tertiary/aromatic N) is 3. The monoisotopic (exact) mass is 340 g/mol. The van der Waals surface area contributed by atoms with Gasteiger partial charge in [-0.2, -0.15) is 0 Å². The fourth-order valence-electron chi connectivity index (χ4n) is 2.54. The lowest BCUT2D eigenvalue weighted by Crippen LogP contribution is -2.38. The molecular formula is C14H21BrN4O. The van der Waals surface area contributed by atoms with Gasteiger partial charge < -0.3 is 15.5 Å². The number of aromatic nitrogens is 1. The van der Waals surface area contributed by atoms with E-state index in [0.717, 1.165) is 36.9 Å². The molecule has 0 bridgehead atoms. The number of hydrogen-bond acceptors (Lipinski definition) is 4. The maximum atomic E-state index is 12.4. The molecule has 2 N–H and O–H groups in total. The van der Waals surface area contributed by atoms with Crippen molar-refractivity contribution in [2.24, 2.45) is 5.92 Å². The summed E-state index contributed by atoms with van der Waals surface area (Å²) in [5.74, 6) is 0.796. The number of carbonyl (C=O) groups is 1. The van der Waals surface area contributed by atoms with E-state index in [4.69, 9.17) is 5.73 Å². The van der Waals surface area contributed by atoms with E-state index in [1.54, 1.807) is 17.2 Å². The first-order chi connectivity index (χ1) is 9.47. The SMILES string of the molecule is CN1CCC(CN(C)C(=O)c2cc(Br)cnc2N)CC1. The average molecular weight is 341 g/mol. The molecule has 1 fully saturated rings. The van der Waals surface area contributed by atoms with Crippen LogP contribution in [0.15, 0.2) is 16.7 Å². The molecule has 5 nitrogen and oxygen atoms in total. The van der Waals surface area contributed by atoms with Gasteiger partial charge in [0.1, 0.15) is 5.82 Å². The Bertz CT molecular complexity index is 486. The first-order valence-corrected chi connectivity index (χ1v) is 7.61. The minimum Gasteiger partial charge on any atom is -0.383 e. The van der Waals surface area contributed by atoms with Crippen LogP contribution in [0.3, 0.4) is 0 Å². The zero-order chi connectivity index (χ0) is 14.7. The molecule has 0 radical (unpaired) electrons. The summed E-state index contributed by atoms with van der Waals surface area (Å²) in [4.78, 5) is 20.5. The summed E-state index contributed by atoms with van der Waals surface area (Å²) in [5.41, 5.74) is 6.26. The summed E-state index contributed by atoms with van der Waals surface area (Å²) in [6.45, 7) is 2.99. The van der Waals surface area contributed by atoms with E-state index < -0.39 is 0 Å². The lowest BCUT2D eigenvalue weighted by atomic mass is 9.96. The number of rotatable bonds is 3. The topological polar surface area (TPSA) is 62.5 Å². The van der Waals surface area contributed by atoms with Crippen molar-refractivity contribution in [3.8, 4) is 0 Å². The minimum absolute atomic E-state index is 0.0600. The largest absolute Gasteiger partial charge is 0.383 e. The number of halogens is 1. The van der Waals surface area contributed by atoms with Gasteiger partial charge >= 0.3 is 0 Å². The van der Waals surface area contributed by atoms with Crippen LogP contribution >= 0.6 is 15.9 Å². The fourth-order valence-corrected chi connectivity index (χ4v) is 2.87. The quantitative estimate of drug-likeness (QED) is 0.911. The number of carbonyl (C=O) groups excluding carboxylic acids is 1. The highest BCUT2D eigenvalue weighted by atomic mass is 79.9. The summed E-state index contributed by atoms with van der Waals surface area (Å²) in [6, 6.07) is 1.73. The maximum absolute atomic E-state index is 12.4. The number of anilines is 1. The van der Waals surface area contributed by atoms with Gasteiger partial charge in [-0.3, -0.25) is 4.79 Å². The standard InChI is InChI=1S/C14H21BrN4O/c1-18-5-3-10(4-6-18)9-19(2)14(20)12-7-11(15)8-17-13(12)16/h7-8,10H,3-6,9H2,1-2H3,(H2,16,17). The van der Waals surface area contributed by atoms with Crippen LogP contribution in [-0.2, 0) is 0 Å². The molecule has 0 saturated carbocycles. The van der Waals surface area contributed by atoms with Crippen LogP contribution in [0.1, 0.15) is 23.2 Å². The second kappa shape index (κ2) is 6.54. The molecule has 1 aromatic heterocycles. The summed E-state index contributed by atoms with van der Waals surface area (Å²) >= 11 is 3.32. The molecule has 1 aromatic rings. The van der Waals surface area contributed by atoms with Crippen LogP contribution in [0.25, 0.3) is 0 Å². The van der Waals surface area contributed by atoms with Crippen molar-refractivity contribution in [2.75, 3.05) is 39.5 Å². The van der Waals surface area contributed by atoms with Crippen molar-refractivity contribution in [2.45, 2.75) is 12.8 Å². The Kier molecular flexibility index (Phi) is 4.99. The Hall–Kier alpha value is -1.14. The maximum Gasteiger partial charge on any atom is 0.257 e. The molecule has 2 heterocycles. The zero-order valence-corrected chi connectivity index (χ0v) is 13.6. The third-order valence-electron chi connectivity index (χ3n) is 3.83. The van der Waals surface area contributed by atoms with E-state index in [0.29, 0.717) is 11.5 Å². The lowest BCUT2D eigenvalue weighted by Gasteiger charge is -2.31. The van der Waals surface area contributed by atoms with Crippen molar-refractivity contribution in [3.63, 3.8) is 0 Å². The third kappa shape index (κ3) is 3.70. The molecule has 2 rings (SSSR count). The fraction of sp³-hybridized carbons (Fsp3) is 0.571. The van der Waals surface area contributed by atoms with Gasteiger partial charge in [-0.25, -0.2) is 4.98 Å². The first kappa shape index (κ1) is 15.3. The summed E-state index contributed by atoms with van der Waals surface area (Å²) < 4.78 is 0.766. The highest BCUT2D eigenvalue weighted by molar-refractivity contribution is 9.10. The van der Waals surface area contributed by atoms with Gasteiger partial charge in [-0.15, -0.1) is 0 Å². The molecule has 0 spiro atoms. The second-order valence-electron chi connectivity index (χ2n) is 5.52. The van der Waals surface area contributed by atoms with Gasteiger partial charge in [0.05, 0.1) is 5.56 Å². The Morgan fingerprint density at radius 3 is 2.85 bits per heavy atom. The van der Waals surface area contributed by atoms with Gasteiger partial charge in [-0.05, 0) is 60.9 Å². The number of piperidine rings is 1. The van der Waals surface area contributed by atoms with Crippen molar-refractivity contribution >= 4 is 27.7 Å². The molecule has 1 aliphatic rings. The molecule has 0 aliphatic carbocycles. The highest BCUT2D eigenvalue weighted by Gasteiger charge is 2.22. The van der Waals surface area contributed by atoms with Crippen LogP contribution < -0.4 is 5.73 Å². The number of hydrogen-bond donors (Lipinski definition) is 1. The predicted octanol–water partition coefficient (Wildman–Crippen LogP) is 1.84. The van der Waals surface area contributed by atoms with E-state index in [1.807, 2.05) is 7.05 Å². The molecule has 0 atom stereocenters. The number of likely N-dealkylation sites (tertiary alicyclic amines) is 1. The third-order valence-corrected chi connectivity index (χ3v) is 4.27. The molecule has 1 saturated heterocycles. The van der Waals surface area contributed by atoms with Gasteiger partial charge in [0.15, 0.2) is 0 Å². The lowest BCUT2D eigenvalue weighted by molar-refractivity contribution is 0.0748. The smallest absolute Gasteiger partial charge is 0.257 e. The molecule has 6 heteroatoms. The zero-order valence-electron chi connectivity index (χ0n) is 12.0. The molecule has 0 aromatic carbocycles. The number of pyridine rings is 1. The van der Waals surface area contributed by atoms with Gasteiger partial charge in [-0.1, -0.05) is 0 Å². The van der Waals surface area contributed by atoms with Crippen LogP contribution in [0, 0.1) is 5.92 Å². The van der Waals surface area contributed by atoms with Crippen molar-refractivity contribution in [3.05, 3.63) is 22.3 Å². The van der Waals surface area contributed by atoms with Crippen LogP contribution in [0.4, 0.5) is 5.82 Å². The number of amides is 1. The summed E-state index contributed by atoms with van der Waals surface area (Å²) in [6.07, 6.45) is 3.88.